The molecule has 0 aromatic carbocycles. The molecule has 0 aromatic heterocycles. The lowest BCUT2D eigenvalue weighted by Crippen LogP contribution is -2.38. The number of azide groups is 1. The third-order valence-corrected chi connectivity index (χ3v) is 3.48. The minimum absolute atomic E-state index is 0.140. The highest BCUT2D eigenvalue weighted by Gasteiger charge is 2.56. The molecule has 2 aliphatic carbocycles. The summed E-state index contributed by atoms with van der Waals surface area (Å²) in [5.41, 5.74) is 8.09. The van der Waals surface area contributed by atoms with Crippen molar-refractivity contribution in [2.75, 3.05) is 0 Å². The number of carbonyl (C=O) groups is 1. The second-order valence-corrected chi connectivity index (χ2v) is 3.97. The van der Waals surface area contributed by atoms with E-state index in [1.54, 1.807) is 0 Å². The summed E-state index contributed by atoms with van der Waals surface area (Å²) in [4.78, 5) is 14.3. The van der Waals surface area contributed by atoms with E-state index in [2.05, 4.69) is 10.0 Å². The van der Waals surface area contributed by atoms with Gasteiger partial charge < -0.3 is 0 Å². The van der Waals surface area contributed by atoms with Crippen LogP contribution in [0.2, 0.25) is 0 Å². The Kier molecular flexibility index (Phi) is 1.42. The van der Waals surface area contributed by atoms with E-state index >= 15 is 0 Å². The van der Waals surface area contributed by atoms with Gasteiger partial charge in [0.05, 0.1) is 6.04 Å². The molecule has 0 N–H and O–H groups in total. The van der Waals surface area contributed by atoms with Crippen molar-refractivity contribution in [3.63, 3.8) is 0 Å². The Hall–Kier alpha value is -1.02. The first kappa shape index (κ1) is 7.62. The van der Waals surface area contributed by atoms with Gasteiger partial charge in [-0.3, -0.25) is 4.79 Å². The summed E-state index contributed by atoms with van der Waals surface area (Å²) in [6, 6.07) is -0.368. The quantitative estimate of drug-likeness (QED) is 0.333. The predicted octanol–water partition coefficient (Wildman–Crippen LogP) is 2.05. The van der Waals surface area contributed by atoms with E-state index in [0.29, 0.717) is 5.92 Å². The molecule has 0 amide bonds. The Morgan fingerprint density at radius 2 is 2.50 bits per heavy atom. The molecule has 1 unspecified atom stereocenters. The molecule has 2 rings (SSSR count). The van der Waals surface area contributed by atoms with Crippen molar-refractivity contribution in [2.45, 2.75) is 32.2 Å². The highest BCUT2D eigenvalue weighted by molar-refractivity contribution is 5.93. The fourth-order valence-electron chi connectivity index (χ4n) is 2.40. The second-order valence-electron chi connectivity index (χ2n) is 3.97. The minimum atomic E-state index is -0.368. The number of fused-ring (bicyclic) bond motifs is 1. The van der Waals surface area contributed by atoms with Gasteiger partial charge in [-0.25, -0.2) is 0 Å². The lowest BCUT2D eigenvalue weighted by Gasteiger charge is -2.40. The summed E-state index contributed by atoms with van der Waals surface area (Å²) in [6.45, 7) is 2.00. The molecule has 0 aromatic rings. The molecule has 4 heteroatoms. The third kappa shape index (κ3) is 0.730. The summed E-state index contributed by atoms with van der Waals surface area (Å²) in [7, 11) is 0. The standard InChI is InChI=1S/C8H11N3O/c1-8-3-2-5(8)4-6(7(8)12)10-11-9/h5-6H,2-4H2,1H3/t5?,6-,8-/m1/s1. The van der Waals surface area contributed by atoms with Gasteiger partial charge in [0.15, 0.2) is 0 Å². The van der Waals surface area contributed by atoms with E-state index in [-0.39, 0.29) is 17.2 Å². The molecule has 12 heavy (non-hydrogen) atoms. The molecule has 0 aliphatic heterocycles. The lowest BCUT2D eigenvalue weighted by atomic mass is 9.63. The normalized spacial score (nSPS) is 44.6. The van der Waals surface area contributed by atoms with Gasteiger partial charge in [0, 0.05) is 10.3 Å². The largest absolute Gasteiger partial charge is 0.299 e. The zero-order chi connectivity index (χ0) is 8.77. The van der Waals surface area contributed by atoms with Crippen LogP contribution in [0.4, 0.5) is 0 Å². The van der Waals surface area contributed by atoms with Crippen molar-refractivity contribution >= 4 is 5.78 Å². The van der Waals surface area contributed by atoms with Crippen molar-refractivity contribution in [1.29, 1.82) is 0 Å². The van der Waals surface area contributed by atoms with E-state index in [4.69, 9.17) is 5.53 Å². The average Bonchev–Trinajstić information content (AvgIpc) is 2.19. The van der Waals surface area contributed by atoms with Crippen molar-refractivity contribution in [3.05, 3.63) is 10.4 Å². The minimum Gasteiger partial charge on any atom is -0.299 e. The average molecular weight is 165 g/mol. The topological polar surface area (TPSA) is 65.8 Å². The maximum atomic E-state index is 11.6. The van der Waals surface area contributed by atoms with Gasteiger partial charge in [-0.15, -0.1) is 0 Å². The van der Waals surface area contributed by atoms with Crippen LogP contribution in [0.15, 0.2) is 5.11 Å². The number of hydrogen-bond acceptors (Lipinski definition) is 2. The van der Waals surface area contributed by atoms with Crippen LogP contribution in [0, 0.1) is 11.3 Å². The molecule has 4 nitrogen and oxygen atoms in total. The zero-order valence-electron chi connectivity index (χ0n) is 7.03. The van der Waals surface area contributed by atoms with Crippen molar-refractivity contribution in [1.82, 2.24) is 0 Å². The highest BCUT2D eigenvalue weighted by Crippen LogP contribution is 2.55. The number of rotatable bonds is 1. The molecule has 64 valence electrons. The van der Waals surface area contributed by atoms with Crippen LogP contribution >= 0.6 is 0 Å². The molecule has 0 bridgehead atoms. The Morgan fingerprint density at radius 3 is 2.83 bits per heavy atom. The Bertz CT molecular complexity index is 282. The van der Waals surface area contributed by atoms with Gasteiger partial charge in [0.25, 0.3) is 0 Å². The van der Waals surface area contributed by atoms with Crippen LogP contribution in [0.1, 0.15) is 26.2 Å². The van der Waals surface area contributed by atoms with E-state index in [1.165, 1.54) is 0 Å². The summed E-state index contributed by atoms with van der Waals surface area (Å²) in [5.74, 6) is 0.650. The number of nitrogens with zero attached hydrogens (tertiary/aromatic N) is 3. The first-order valence-electron chi connectivity index (χ1n) is 4.27. The molecule has 2 fully saturated rings. The predicted molar refractivity (Wildman–Crippen MR) is 43.4 cm³/mol. The fraction of sp³-hybridized carbons (Fsp3) is 0.875. The van der Waals surface area contributed by atoms with Crippen molar-refractivity contribution in [2.24, 2.45) is 16.4 Å². The third-order valence-electron chi connectivity index (χ3n) is 3.48. The van der Waals surface area contributed by atoms with Crippen LogP contribution in [-0.2, 0) is 4.79 Å². The maximum Gasteiger partial charge on any atom is 0.147 e. The van der Waals surface area contributed by atoms with Gasteiger partial charge in [-0.2, -0.15) is 0 Å². The Labute approximate surface area is 70.6 Å². The second kappa shape index (κ2) is 2.23. The molecule has 0 saturated heterocycles. The molecular weight excluding hydrogens is 154 g/mol. The molecule has 0 spiro atoms. The van der Waals surface area contributed by atoms with Gasteiger partial charge >= 0.3 is 0 Å². The summed E-state index contributed by atoms with van der Waals surface area (Å²) in [5, 5.41) is 3.52. The van der Waals surface area contributed by atoms with E-state index in [0.717, 1.165) is 19.3 Å². The summed E-state index contributed by atoms with van der Waals surface area (Å²) >= 11 is 0. The van der Waals surface area contributed by atoms with E-state index < -0.39 is 0 Å². The van der Waals surface area contributed by atoms with Crippen LogP contribution in [0.5, 0.6) is 0 Å². The first-order valence-corrected chi connectivity index (χ1v) is 4.27. The zero-order valence-corrected chi connectivity index (χ0v) is 7.03. The van der Waals surface area contributed by atoms with Gasteiger partial charge in [-0.1, -0.05) is 12.0 Å². The van der Waals surface area contributed by atoms with E-state index in [1.807, 2.05) is 6.92 Å². The highest BCUT2D eigenvalue weighted by atomic mass is 16.1. The fourth-order valence-corrected chi connectivity index (χ4v) is 2.40. The molecule has 2 saturated carbocycles. The molecule has 0 heterocycles. The first-order chi connectivity index (χ1) is 5.68. The van der Waals surface area contributed by atoms with Crippen molar-refractivity contribution in [3.8, 4) is 0 Å². The maximum absolute atomic E-state index is 11.6. The van der Waals surface area contributed by atoms with Gasteiger partial charge in [-0.05, 0) is 30.7 Å². The monoisotopic (exact) mass is 165 g/mol. The van der Waals surface area contributed by atoms with Crippen LogP contribution < -0.4 is 0 Å². The summed E-state index contributed by atoms with van der Waals surface area (Å²) < 4.78 is 0. The molecule has 2 aliphatic rings. The lowest BCUT2D eigenvalue weighted by molar-refractivity contribution is -0.131. The van der Waals surface area contributed by atoms with E-state index in [9.17, 15) is 4.79 Å². The molecule has 3 atom stereocenters. The molecular formula is C8H11N3O. The number of hydrogen-bond donors (Lipinski definition) is 0. The van der Waals surface area contributed by atoms with Crippen LogP contribution in [-0.4, -0.2) is 11.8 Å². The number of Topliss-reactive ketones (excluding diaryl/α,β-unsaturated/α-hetero) is 1. The smallest absolute Gasteiger partial charge is 0.147 e. The number of ketones is 1. The number of carbonyl (C=O) groups excluding carboxylic acids is 1. The molecule has 0 radical (unpaired) electrons. The van der Waals surface area contributed by atoms with Crippen LogP contribution in [0.3, 0.4) is 0 Å². The van der Waals surface area contributed by atoms with Crippen LogP contribution in [0.25, 0.3) is 10.4 Å². The Balaban J connectivity index is 2.25. The summed E-state index contributed by atoms with van der Waals surface area (Å²) in [6.07, 6.45) is 2.88. The van der Waals surface area contributed by atoms with Gasteiger partial charge in [0.2, 0.25) is 0 Å². The Morgan fingerprint density at radius 1 is 1.75 bits per heavy atom. The van der Waals surface area contributed by atoms with Gasteiger partial charge in [0.1, 0.15) is 5.78 Å². The van der Waals surface area contributed by atoms with Crippen molar-refractivity contribution < 1.29 is 4.79 Å². The SMILES string of the molecule is C[C@@]12CCC1C[C@@H](N=[N+]=[N-])C2=O.